The van der Waals surface area contributed by atoms with E-state index in [1.165, 1.54) is 0 Å². The van der Waals surface area contributed by atoms with Gasteiger partial charge in [-0.15, -0.1) is 0 Å². The predicted molar refractivity (Wildman–Crippen MR) is 87.5 cm³/mol. The fourth-order valence-electron chi connectivity index (χ4n) is 3.82. The SMILES string of the molecule is CCOc1ccc(NC(=O)[C@@H]2[C@H](C(=O)O)[C@H]3C=C[C@H]2C3)cc1CO. The maximum absolute atomic E-state index is 12.6. The molecular formula is C18H21NO5. The Morgan fingerprint density at radius 2 is 1.96 bits per heavy atom. The highest BCUT2D eigenvalue weighted by Gasteiger charge is 2.51. The van der Waals surface area contributed by atoms with Crippen molar-refractivity contribution in [2.75, 3.05) is 11.9 Å². The molecule has 0 saturated heterocycles. The number of aliphatic hydroxyl groups is 1. The van der Waals surface area contributed by atoms with Gasteiger partial charge in [-0.2, -0.15) is 0 Å². The van der Waals surface area contributed by atoms with E-state index in [1.54, 1.807) is 18.2 Å². The number of benzene rings is 1. The van der Waals surface area contributed by atoms with Gasteiger partial charge in [0.15, 0.2) is 0 Å². The minimum atomic E-state index is -0.922. The van der Waals surface area contributed by atoms with Crippen LogP contribution in [0.5, 0.6) is 5.75 Å². The smallest absolute Gasteiger partial charge is 0.307 e. The van der Waals surface area contributed by atoms with Crippen LogP contribution in [-0.2, 0) is 16.2 Å². The first-order valence-corrected chi connectivity index (χ1v) is 8.13. The molecule has 6 heteroatoms. The zero-order chi connectivity index (χ0) is 17.3. The lowest BCUT2D eigenvalue weighted by Gasteiger charge is -2.24. The Morgan fingerprint density at radius 1 is 1.25 bits per heavy atom. The minimum Gasteiger partial charge on any atom is -0.494 e. The molecule has 2 aliphatic rings. The van der Waals surface area contributed by atoms with Crippen LogP contribution in [0.4, 0.5) is 5.69 Å². The molecule has 6 nitrogen and oxygen atoms in total. The van der Waals surface area contributed by atoms with E-state index in [2.05, 4.69) is 5.32 Å². The summed E-state index contributed by atoms with van der Waals surface area (Å²) in [7, 11) is 0. The number of carbonyl (C=O) groups excluding carboxylic acids is 1. The van der Waals surface area contributed by atoms with E-state index in [0.717, 1.165) is 6.42 Å². The fourth-order valence-corrected chi connectivity index (χ4v) is 3.82. The fraction of sp³-hybridized carbons (Fsp3) is 0.444. The predicted octanol–water partition coefficient (Wildman–Crippen LogP) is 2.04. The van der Waals surface area contributed by atoms with E-state index in [1.807, 2.05) is 19.1 Å². The summed E-state index contributed by atoms with van der Waals surface area (Å²) in [6.07, 6.45) is 4.58. The molecule has 2 aliphatic carbocycles. The Hall–Kier alpha value is -2.34. The normalized spacial score (nSPS) is 27.2. The van der Waals surface area contributed by atoms with E-state index in [9.17, 15) is 19.8 Å². The molecule has 0 aliphatic heterocycles. The molecule has 1 aromatic carbocycles. The van der Waals surface area contributed by atoms with E-state index >= 15 is 0 Å². The van der Waals surface area contributed by atoms with Gasteiger partial charge in [0.05, 0.1) is 25.0 Å². The number of amides is 1. The number of allylic oxidation sites excluding steroid dienone is 2. The molecule has 0 radical (unpaired) electrons. The Balaban J connectivity index is 1.77. The number of ether oxygens (including phenoxy) is 1. The van der Waals surface area contributed by atoms with Crippen LogP contribution in [0, 0.1) is 23.7 Å². The number of hydrogen-bond donors (Lipinski definition) is 3. The van der Waals surface area contributed by atoms with Crippen LogP contribution in [0.15, 0.2) is 30.4 Å². The summed E-state index contributed by atoms with van der Waals surface area (Å²) in [6, 6.07) is 5.04. The molecule has 0 unspecified atom stereocenters. The van der Waals surface area contributed by atoms with Crippen molar-refractivity contribution in [3.63, 3.8) is 0 Å². The molecule has 1 fully saturated rings. The van der Waals surface area contributed by atoms with Crippen molar-refractivity contribution in [3.05, 3.63) is 35.9 Å². The van der Waals surface area contributed by atoms with Gasteiger partial charge in [-0.25, -0.2) is 0 Å². The second kappa shape index (κ2) is 6.65. The zero-order valence-electron chi connectivity index (χ0n) is 13.4. The third-order valence-corrected chi connectivity index (χ3v) is 4.85. The van der Waals surface area contributed by atoms with Crippen molar-refractivity contribution in [2.24, 2.45) is 23.7 Å². The van der Waals surface area contributed by atoms with Gasteiger partial charge in [-0.1, -0.05) is 12.2 Å². The van der Waals surface area contributed by atoms with Crippen molar-refractivity contribution >= 4 is 17.6 Å². The van der Waals surface area contributed by atoms with Crippen LogP contribution in [0.25, 0.3) is 0 Å². The van der Waals surface area contributed by atoms with E-state index in [-0.39, 0.29) is 24.3 Å². The summed E-state index contributed by atoms with van der Waals surface area (Å²) >= 11 is 0. The summed E-state index contributed by atoms with van der Waals surface area (Å²) in [5, 5.41) is 21.7. The number of aliphatic carboxylic acids is 1. The number of fused-ring (bicyclic) bond motifs is 2. The van der Waals surface area contributed by atoms with Gasteiger partial charge < -0.3 is 20.3 Å². The molecular weight excluding hydrogens is 310 g/mol. The first-order valence-electron chi connectivity index (χ1n) is 8.13. The average molecular weight is 331 g/mol. The Morgan fingerprint density at radius 3 is 2.58 bits per heavy atom. The van der Waals surface area contributed by atoms with Gasteiger partial charge in [0.25, 0.3) is 0 Å². The molecule has 0 heterocycles. The average Bonchev–Trinajstić information content (AvgIpc) is 3.17. The summed E-state index contributed by atoms with van der Waals surface area (Å²) < 4.78 is 5.42. The third-order valence-electron chi connectivity index (χ3n) is 4.85. The number of aliphatic hydroxyl groups excluding tert-OH is 1. The molecule has 1 amide bonds. The Kier molecular flexibility index (Phi) is 4.57. The first kappa shape index (κ1) is 16.5. The van der Waals surface area contributed by atoms with Crippen LogP contribution in [0.3, 0.4) is 0 Å². The van der Waals surface area contributed by atoms with E-state index < -0.39 is 17.8 Å². The molecule has 128 valence electrons. The summed E-state index contributed by atoms with van der Waals surface area (Å²) in [5.41, 5.74) is 1.11. The molecule has 3 N–H and O–H groups in total. The number of carboxylic acid groups (broad SMARTS) is 1. The summed E-state index contributed by atoms with van der Waals surface area (Å²) in [4.78, 5) is 24.1. The first-order chi connectivity index (χ1) is 11.5. The molecule has 1 saturated carbocycles. The monoisotopic (exact) mass is 331 g/mol. The highest BCUT2D eigenvalue weighted by atomic mass is 16.5. The highest BCUT2D eigenvalue weighted by molar-refractivity contribution is 5.96. The molecule has 1 aromatic rings. The molecule has 3 rings (SSSR count). The minimum absolute atomic E-state index is 0.0175. The van der Waals surface area contributed by atoms with Crippen molar-refractivity contribution in [1.29, 1.82) is 0 Å². The largest absolute Gasteiger partial charge is 0.494 e. The standard InChI is InChI=1S/C18H21NO5/c1-2-24-14-6-5-13(8-12(14)9-20)19-17(21)15-10-3-4-11(7-10)16(15)18(22)23/h3-6,8,10-11,15-16,20H,2,7,9H2,1H3,(H,19,21)(H,22,23)/t10-,11-,15-,16+/m0/s1. The summed E-state index contributed by atoms with van der Waals surface area (Å²) in [5.74, 6) is -1.93. The van der Waals surface area contributed by atoms with Crippen molar-refractivity contribution in [2.45, 2.75) is 20.0 Å². The molecule has 24 heavy (non-hydrogen) atoms. The van der Waals surface area contributed by atoms with Gasteiger partial charge in [0, 0.05) is 11.3 Å². The van der Waals surface area contributed by atoms with Gasteiger partial charge in [-0.05, 0) is 43.4 Å². The van der Waals surface area contributed by atoms with Crippen LogP contribution in [0.2, 0.25) is 0 Å². The number of carbonyl (C=O) groups is 2. The van der Waals surface area contributed by atoms with Gasteiger partial charge >= 0.3 is 5.97 Å². The van der Waals surface area contributed by atoms with E-state index in [0.29, 0.717) is 23.6 Å². The second-order valence-electron chi connectivity index (χ2n) is 6.24. The van der Waals surface area contributed by atoms with Gasteiger partial charge in [0.1, 0.15) is 5.75 Å². The summed E-state index contributed by atoms with van der Waals surface area (Å²) in [6.45, 7) is 2.13. The van der Waals surface area contributed by atoms with Crippen molar-refractivity contribution < 1.29 is 24.5 Å². The Bertz CT molecular complexity index is 684. The lowest BCUT2D eigenvalue weighted by atomic mass is 9.82. The molecule has 4 atom stereocenters. The maximum Gasteiger partial charge on any atom is 0.307 e. The van der Waals surface area contributed by atoms with Crippen LogP contribution in [0.1, 0.15) is 18.9 Å². The molecule has 0 spiro atoms. The number of carboxylic acids is 1. The van der Waals surface area contributed by atoms with Crippen LogP contribution in [-0.4, -0.2) is 28.7 Å². The zero-order valence-corrected chi connectivity index (χ0v) is 13.4. The third kappa shape index (κ3) is 2.89. The lowest BCUT2D eigenvalue weighted by molar-refractivity contribution is -0.146. The topological polar surface area (TPSA) is 95.9 Å². The maximum atomic E-state index is 12.6. The quantitative estimate of drug-likeness (QED) is 0.693. The lowest BCUT2D eigenvalue weighted by Crippen LogP contribution is -2.36. The van der Waals surface area contributed by atoms with Crippen LogP contribution < -0.4 is 10.1 Å². The second-order valence-corrected chi connectivity index (χ2v) is 6.24. The molecule has 0 aromatic heterocycles. The van der Waals surface area contributed by atoms with Crippen molar-refractivity contribution in [3.8, 4) is 5.75 Å². The van der Waals surface area contributed by atoms with E-state index in [4.69, 9.17) is 4.74 Å². The number of rotatable bonds is 6. The van der Waals surface area contributed by atoms with Gasteiger partial charge in [0.2, 0.25) is 5.91 Å². The Labute approximate surface area is 140 Å². The highest BCUT2D eigenvalue weighted by Crippen LogP contribution is 2.48. The van der Waals surface area contributed by atoms with Crippen molar-refractivity contribution in [1.82, 2.24) is 0 Å². The van der Waals surface area contributed by atoms with Gasteiger partial charge in [-0.3, -0.25) is 9.59 Å². The molecule has 2 bridgehead atoms. The number of anilines is 1. The van der Waals surface area contributed by atoms with Crippen LogP contribution >= 0.6 is 0 Å². The number of hydrogen-bond acceptors (Lipinski definition) is 4. The number of nitrogens with one attached hydrogen (secondary N) is 1.